The molecule has 0 aliphatic rings. The molecule has 8 heteroatoms. The van der Waals surface area contributed by atoms with E-state index in [9.17, 15) is 4.79 Å². The zero-order valence-corrected chi connectivity index (χ0v) is 11.4. The van der Waals surface area contributed by atoms with Crippen molar-refractivity contribution in [3.63, 3.8) is 0 Å². The number of carbonyl (C=O) groups is 1. The van der Waals surface area contributed by atoms with Crippen molar-refractivity contribution >= 4 is 23.8 Å². The SMILES string of the molecule is CC(C)(C)OC(=O)CCCNc1nc(N)nc(N)n1. The summed E-state index contributed by atoms with van der Waals surface area (Å²) in [5.74, 6) is 0.183. The minimum absolute atomic E-state index is 0.0575. The van der Waals surface area contributed by atoms with Crippen molar-refractivity contribution in [3.8, 4) is 0 Å². The normalized spacial score (nSPS) is 11.1. The first-order valence-corrected chi connectivity index (χ1v) is 5.99. The van der Waals surface area contributed by atoms with Crippen LogP contribution in [0.4, 0.5) is 17.8 Å². The van der Waals surface area contributed by atoms with E-state index in [1.165, 1.54) is 0 Å². The summed E-state index contributed by atoms with van der Waals surface area (Å²) < 4.78 is 5.18. The van der Waals surface area contributed by atoms with E-state index in [2.05, 4.69) is 20.3 Å². The highest BCUT2D eigenvalue weighted by molar-refractivity contribution is 5.69. The standard InChI is InChI=1S/C11H20N6O2/c1-11(2,3)19-7(18)5-4-6-14-10-16-8(12)15-9(13)17-10/h4-6H2,1-3H3,(H5,12,13,14,15,16,17). The van der Waals surface area contributed by atoms with Crippen LogP contribution >= 0.6 is 0 Å². The average molecular weight is 268 g/mol. The minimum Gasteiger partial charge on any atom is -0.460 e. The van der Waals surface area contributed by atoms with Gasteiger partial charge in [-0.25, -0.2) is 0 Å². The molecule has 0 spiro atoms. The maximum Gasteiger partial charge on any atom is 0.306 e. The van der Waals surface area contributed by atoms with Crippen LogP contribution in [0.2, 0.25) is 0 Å². The van der Waals surface area contributed by atoms with Gasteiger partial charge in [-0.3, -0.25) is 4.79 Å². The van der Waals surface area contributed by atoms with Gasteiger partial charge in [0.15, 0.2) is 0 Å². The summed E-state index contributed by atoms with van der Waals surface area (Å²) in [6.45, 7) is 6.01. The van der Waals surface area contributed by atoms with E-state index in [-0.39, 0.29) is 17.9 Å². The Hall–Kier alpha value is -2.12. The number of nitrogens with zero attached hydrogens (tertiary/aromatic N) is 3. The molecule has 0 aliphatic carbocycles. The van der Waals surface area contributed by atoms with Gasteiger partial charge in [0.25, 0.3) is 0 Å². The van der Waals surface area contributed by atoms with Crippen molar-refractivity contribution in [1.82, 2.24) is 15.0 Å². The monoisotopic (exact) mass is 268 g/mol. The quantitative estimate of drug-likeness (QED) is 0.522. The van der Waals surface area contributed by atoms with Crippen molar-refractivity contribution in [2.75, 3.05) is 23.3 Å². The Kier molecular flexibility index (Phi) is 4.85. The maximum absolute atomic E-state index is 11.4. The number of esters is 1. The van der Waals surface area contributed by atoms with Crippen LogP contribution < -0.4 is 16.8 Å². The number of anilines is 3. The lowest BCUT2D eigenvalue weighted by Crippen LogP contribution is -2.24. The molecule has 0 aromatic carbocycles. The Morgan fingerprint density at radius 2 is 1.79 bits per heavy atom. The first-order valence-electron chi connectivity index (χ1n) is 5.99. The predicted octanol–water partition coefficient (Wildman–Crippen LogP) is 0.570. The Morgan fingerprint density at radius 1 is 1.21 bits per heavy atom. The van der Waals surface area contributed by atoms with Crippen molar-refractivity contribution < 1.29 is 9.53 Å². The molecule has 0 saturated carbocycles. The third-order valence-corrected chi connectivity index (χ3v) is 1.93. The molecule has 0 saturated heterocycles. The van der Waals surface area contributed by atoms with Crippen LogP contribution in [0.3, 0.4) is 0 Å². The number of rotatable bonds is 5. The number of nitrogens with one attached hydrogen (secondary N) is 1. The minimum atomic E-state index is -0.457. The van der Waals surface area contributed by atoms with Crippen LogP contribution in [0.25, 0.3) is 0 Å². The number of ether oxygens (including phenoxy) is 1. The van der Waals surface area contributed by atoms with E-state index in [1.807, 2.05) is 20.8 Å². The van der Waals surface area contributed by atoms with Crippen LogP contribution in [-0.2, 0) is 9.53 Å². The van der Waals surface area contributed by atoms with Gasteiger partial charge in [0.2, 0.25) is 17.8 Å². The molecule has 1 heterocycles. The fourth-order valence-corrected chi connectivity index (χ4v) is 1.31. The first kappa shape index (κ1) is 14.9. The lowest BCUT2D eigenvalue weighted by atomic mass is 10.2. The average Bonchev–Trinajstić information content (AvgIpc) is 2.20. The first-order chi connectivity index (χ1) is 8.76. The highest BCUT2D eigenvalue weighted by Gasteiger charge is 2.15. The fraction of sp³-hybridized carbons (Fsp3) is 0.636. The van der Waals surface area contributed by atoms with Crippen LogP contribution in [0.5, 0.6) is 0 Å². The number of nitrogens with two attached hydrogens (primary N) is 2. The Balaban J connectivity index is 2.29. The molecule has 1 rings (SSSR count). The second kappa shape index (κ2) is 6.17. The molecule has 8 nitrogen and oxygen atoms in total. The van der Waals surface area contributed by atoms with Crippen LogP contribution in [-0.4, -0.2) is 33.1 Å². The third kappa shape index (κ3) is 6.39. The Morgan fingerprint density at radius 3 is 2.32 bits per heavy atom. The molecular formula is C11H20N6O2. The van der Waals surface area contributed by atoms with E-state index in [0.29, 0.717) is 25.3 Å². The van der Waals surface area contributed by atoms with Gasteiger partial charge in [-0.05, 0) is 27.2 Å². The van der Waals surface area contributed by atoms with Gasteiger partial charge in [0, 0.05) is 13.0 Å². The summed E-state index contributed by atoms with van der Waals surface area (Å²) in [4.78, 5) is 22.8. The van der Waals surface area contributed by atoms with E-state index in [0.717, 1.165) is 0 Å². The Labute approximate surface area is 112 Å². The van der Waals surface area contributed by atoms with Crippen LogP contribution in [0.15, 0.2) is 0 Å². The van der Waals surface area contributed by atoms with Gasteiger partial charge in [0.05, 0.1) is 0 Å². The molecule has 0 unspecified atom stereocenters. The van der Waals surface area contributed by atoms with Crippen molar-refractivity contribution in [3.05, 3.63) is 0 Å². The molecule has 19 heavy (non-hydrogen) atoms. The van der Waals surface area contributed by atoms with E-state index >= 15 is 0 Å². The second-order valence-electron chi connectivity index (χ2n) is 4.99. The van der Waals surface area contributed by atoms with Crippen molar-refractivity contribution in [2.24, 2.45) is 0 Å². The molecular weight excluding hydrogens is 248 g/mol. The fourth-order valence-electron chi connectivity index (χ4n) is 1.31. The molecule has 0 bridgehead atoms. The highest BCUT2D eigenvalue weighted by Crippen LogP contribution is 2.09. The predicted molar refractivity (Wildman–Crippen MR) is 72.2 cm³/mol. The van der Waals surface area contributed by atoms with Crippen molar-refractivity contribution in [1.29, 1.82) is 0 Å². The summed E-state index contributed by atoms with van der Waals surface area (Å²) >= 11 is 0. The van der Waals surface area contributed by atoms with Gasteiger partial charge >= 0.3 is 5.97 Å². The molecule has 0 fully saturated rings. The summed E-state index contributed by atoms with van der Waals surface area (Å²) in [6, 6.07) is 0. The molecule has 1 aromatic heterocycles. The zero-order valence-electron chi connectivity index (χ0n) is 11.4. The number of aromatic nitrogens is 3. The smallest absolute Gasteiger partial charge is 0.306 e. The van der Waals surface area contributed by atoms with Gasteiger partial charge in [-0.2, -0.15) is 15.0 Å². The van der Waals surface area contributed by atoms with Gasteiger partial charge in [-0.15, -0.1) is 0 Å². The van der Waals surface area contributed by atoms with Gasteiger partial charge in [0.1, 0.15) is 5.60 Å². The second-order valence-corrected chi connectivity index (χ2v) is 4.99. The largest absolute Gasteiger partial charge is 0.460 e. The molecule has 0 radical (unpaired) electrons. The molecule has 1 aromatic rings. The lowest BCUT2D eigenvalue weighted by Gasteiger charge is -2.19. The van der Waals surface area contributed by atoms with Gasteiger partial charge in [-0.1, -0.05) is 0 Å². The molecule has 106 valence electrons. The third-order valence-electron chi connectivity index (χ3n) is 1.93. The summed E-state index contributed by atoms with van der Waals surface area (Å²) in [5, 5.41) is 2.91. The highest BCUT2D eigenvalue weighted by atomic mass is 16.6. The van der Waals surface area contributed by atoms with Gasteiger partial charge < -0.3 is 21.5 Å². The summed E-state index contributed by atoms with van der Waals surface area (Å²) in [6.07, 6.45) is 0.917. The maximum atomic E-state index is 11.4. The number of carbonyl (C=O) groups excluding carboxylic acids is 1. The van der Waals surface area contributed by atoms with Crippen LogP contribution in [0, 0.1) is 0 Å². The topological polar surface area (TPSA) is 129 Å². The lowest BCUT2D eigenvalue weighted by molar-refractivity contribution is -0.154. The summed E-state index contributed by atoms with van der Waals surface area (Å²) in [7, 11) is 0. The van der Waals surface area contributed by atoms with E-state index in [1.54, 1.807) is 0 Å². The van der Waals surface area contributed by atoms with E-state index in [4.69, 9.17) is 16.2 Å². The molecule has 0 amide bonds. The van der Waals surface area contributed by atoms with E-state index < -0.39 is 5.60 Å². The number of nitrogen functional groups attached to an aromatic ring is 2. The van der Waals surface area contributed by atoms with Crippen molar-refractivity contribution in [2.45, 2.75) is 39.2 Å². The number of hydrogen-bond acceptors (Lipinski definition) is 8. The zero-order chi connectivity index (χ0) is 14.5. The molecule has 5 N–H and O–H groups in total. The summed E-state index contributed by atoms with van der Waals surface area (Å²) in [5.41, 5.74) is 10.4. The Bertz CT molecular complexity index is 423. The van der Waals surface area contributed by atoms with Crippen LogP contribution in [0.1, 0.15) is 33.6 Å². The molecule has 0 atom stereocenters. The molecule has 0 aliphatic heterocycles. The number of hydrogen-bond donors (Lipinski definition) is 3.